The molecule has 1 saturated heterocycles. The average molecular weight is 341 g/mol. The molecule has 0 bridgehead atoms. The van der Waals surface area contributed by atoms with E-state index in [-0.39, 0.29) is 18.7 Å². The molecule has 2 heterocycles. The number of carbonyl (C=O) groups is 2. The van der Waals surface area contributed by atoms with Gasteiger partial charge in [-0.1, -0.05) is 11.8 Å². The van der Waals surface area contributed by atoms with Crippen LogP contribution in [0.5, 0.6) is 0 Å². The van der Waals surface area contributed by atoms with Gasteiger partial charge >= 0.3 is 5.97 Å². The van der Waals surface area contributed by atoms with Gasteiger partial charge in [0, 0.05) is 13.3 Å². The van der Waals surface area contributed by atoms with E-state index in [0.29, 0.717) is 36.0 Å². The SMILES string of the molecule is COC(=O)CN(c1nc(SC)ncc1C=O)[C@H]1COC[C@@H]1OC. The van der Waals surface area contributed by atoms with Crippen LogP contribution >= 0.6 is 11.8 Å². The van der Waals surface area contributed by atoms with Gasteiger partial charge in [0.25, 0.3) is 0 Å². The second-order valence-corrected chi connectivity index (χ2v) is 5.61. The Morgan fingerprint density at radius 2 is 2.30 bits per heavy atom. The highest BCUT2D eigenvalue weighted by atomic mass is 32.2. The van der Waals surface area contributed by atoms with Crippen LogP contribution in [0.25, 0.3) is 0 Å². The monoisotopic (exact) mass is 341 g/mol. The minimum atomic E-state index is -0.437. The summed E-state index contributed by atoms with van der Waals surface area (Å²) in [6.45, 7) is 0.720. The molecule has 23 heavy (non-hydrogen) atoms. The number of rotatable bonds is 7. The zero-order valence-corrected chi connectivity index (χ0v) is 14.0. The predicted octanol–water partition coefficient (Wildman–Crippen LogP) is 0.404. The molecule has 1 aliphatic heterocycles. The molecule has 0 saturated carbocycles. The maximum absolute atomic E-state index is 11.8. The van der Waals surface area contributed by atoms with E-state index in [1.54, 1.807) is 12.0 Å². The molecule has 9 heteroatoms. The first kappa shape index (κ1) is 17.6. The molecule has 8 nitrogen and oxygen atoms in total. The third kappa shape index (κ3) is 3.98. The Labute approximate surface area is 138 Å². The first-order chi connectivity index (χ1) is 11.1. The standard InChI is InChI=1S/C14H19N3O5S/c1-20-11-8-22-7-10(11)17(5-12(19)21-2)13-9(6-18)4-15-14(16-13)23-3/h4,6,10-11H,5,7-8H2,1-3H3/t10-,11-/m0/s1. The van der Waals surface area contributed by atoms with Crippen molar-refractivity contribution in [1.82, 2.24) is 9.97 Å². The highest BCUT2D eigenvalue weighted by Crippen LogP contribution is 2.26. The normalized spacial score (nSPS) is 20.3. The van der Waals surface area contributed by atoms with E-state index in [1.165, 1.54) is 25.1 Å². The van der Waals surface area contributed by atoms with Crippen molar-refractivity contribution in [3.05, 3.63) is 11.8 Å². The van der Waals surface area contributed by atoms with E-state index >= 15 is 0 Å². The Morgan fingerprint density at radius 3 is 2.91 bits per heavy atom. The van der Waals surface area contributed by atoms with Crippen LogP contribution in [0.2, 0.25) is 0 Å². The molecule has 0 spiro atoms. The fourth-order valence-electron chi connectivity index (χ4n) is 2.37. The Bertz CT molecular complexity index is 571. The van der Waals surface area contributed by atoms with Crippen LogP contribution in [-0.4, -0.2) is 74.6 Å². The van der Waals surface area contributed by atoms with Crippen LogP contribution < -0.4 is 4.90 Å². The lowest BCUT2D eigenvalue weighted by Gasteiger charge is -2.31. The zero-order valence-electron chi connectivity index (χ0n) is 13.2. The molecule has 1 fully saturated rings. The number of nitrogens with zero attached hydrogens (tertiary/aromatic N) is 3. The van der Waals surface area contributed by atoms with Crippen molar-refractivity contribution in [2.45, 2.75) is 17.3 Å². The lowest BCUT2D eigenvalue weighted by Crippen LogP contribution is -2.47. The topological polar surface area (TPSA) is 90.9 Å². The van der Waals surface area contributed by atoms with Gasteiger partial charge in [-0.25, -0.2) is 9.97 Å². The smallest absolute Gasteiger partial charge is 0.325 e. The predicted molar refractivity (Wildman–Crippen MR) is 84.0 cm³/mol. The molecule has 0 aliphatic carbocycles. The van der Waals surface area contributed by atoms with Crippen molar-refractivity contribution >= 4 is 29.8 Å². The number of thioether (sulfide) groups is 1. The first-order valence-electron chi connectivity index (χ1n) is 6.94. The minimum Gasteiger partial charge on any atom is -0.468 e. The van der Waals surface area contributed by atoms with Crippen LogP contribution in [-0.2, 0) is 19.0 Å². The Kier molecular flexibility index (Phi) is 6.31. The number of aromatic nitrogens is 2. The van der Waals surface area contributed by atoms with E-state index in [2.05, 4.69) is 9.97 Å². The third-order valence-electron chi connectivity index (χ3n) is 3.59. The summed E-state index contributed by atoms with van der Waals surface area (Å²) >= 11 is 1.35. The van der Waals surface area contributed by atoms with E-state index in [0.717, 1.165) is 0 Å². The number of methoxy groups -OCH3 is 2. The molecule has 2 atom stereocenters. The maximum atomic E-state index is 11.8. The fraction of sp³-hybridized carbons (Fsp3) is 0.571. The first-order valence-corrected chi connectivity index (χ1v) is 8.17. The van der Waals surface area contributed by atoms with Gasteiger partial charge in [-0.05, 0) is 6.26 Å². The number of ether oxygens (including phenoxy) is 3. The summed E-state index contributed by atoms with van der Waals surface area (Å²) in [4.78, 5) is 33.4. The quantitative estimate of drug-likeness (QED) is 0.302. The Morgan fingerprint density at radius 1 is 1.52 bits per heavy atom. The van der Waals surface area contributed by atoms with Crippen LogP contribution in [0.4, 0.5) is 5.82 Å². The summed E-state index contributed by atoms with van der Waals surface area (Å²) < 4.78 is 15.6. The van der Waals surface area contributed by atoms with Crippen molar-refractivity contribution in [3.63, 3.8) is 0 Å². The van der Waals surface area contributed by atoms with Gasteiger partial charge in [-0.15, -0.1) is 0 Å². The van der Waals surface area contributed by atoms with Crippen molar-refractivity contribution in [1.29, 1.82) is 0 Å². The van der Waals surface area contributed by atoms with E-state index in [4.69, 9.17) is 14.2 Å². The lowest BCUT2D eigenvalue weighted by atomic mass is 10.1. The summed E-state index contributed by atoms with van der Waals surface area (Å²) in [6.07, 6.45) is 3.72. The number of aldehydes is 1. The molecular formula is C14H19N3O5S. The Balaban J connectivity index is 2.43. The van der Waals surface area contributed by atoms with Crippen molar-refractivity contribution in [3.8, 4) is 0 Å². The summed E-state index contributed by atoms with van der Waals surface area (Å²) in [5.41, 5.74) is 0.299. The molecule has 0 amide bonds. The zero-order chi connectivity index (χ0) is 16.8. The van der Waals surface area contributed by atoms with Gasteiger partial charge in [0.2, 0.25) is 0 Å². The molecule has 0 aromatic carbocycles. The van der Waals surface area contributed by atoms with Crippen molar-refractivity contribution < 1.29 is 23.8 Å². The summed E-state index contributed by atoms with van der Waals surface area (Å²) in [6, 6.07) is -0.248. The molecule has 1 aliphatic rings. The minimum absolute atomic E-state index is 0.0595. The molecule has 126 valence electrons. The van der Waals surface area contributed by atoms with Gasteiger partial charge in [0.05, 0.1) is 31.9 Å². The molecule has 0 radical (unpaired) electrons. The average Bonchev–Trinajstić information content (AvgIpc) is 3.07. The summed E-state index contributed by atoms with van der Waals surface area (Å²) in [5.74, 6) is -0.0600. The van der Waals surface area contributed by atoms with Crippen LogP contribution in [0.3, 0.4) is 0 Å². The number of hydrogen-bond donors (Lipinski definition) is 0. The van der Waals surface area contributed by atoms with Crippen molar-refractivity contribution in [2.24, 2.45) is 0 Å². The van der Waals surface area contributed by atoms with Gasteiger partial charge < -0.3 is 19.1 Å². The van der Waals surface area contributed by atoms with Crippen molar-refractivity contribution in [2.75, 3.05) is 45.1 Å². The molecule has 0 unspecified atom stereocenters. The number of anilines is 1. The summed E-state index contributed by atoms with van der Waals surface area (Å²) in [5, 5.41) is 0.508. The number of carbonyl (C=O) groups excluding carboxylic acids is 2. The van der Waals surface area contributed by atoms with E-state index in [9.17, 15) is 9.59 Å². The van der Waals surface area contributed by atoms with Gasteiger partial charge in [-0.3, -0.25) is 9.59 Å². The van der Waals surface area contributed by atoms with E-state index in [1.807, 2.05) is 6.26 Å². The number of esters is 1. The second kappa shape index (κ2) is 8.23. The molecule has 2 rings (SSSR count). The second-order valence-electron chi connectivity index (χ2n) is 4.84. The molecule has 0 N–H and O–H groups in total. The van der Waals surface area contributed by atoms with Crippen LogP contribution in [0.15, 0.2) is 11.4 Å². The van der Waals surface area contributed by atoms with Crippen LogP contribution in [0, 0.1) is 0 Å². The third-order valence-corrected chi connectivity index (χ3v) is 4.15. The fourth-order valence-corrected chi connectivity index (χ4v) is 2.71. The molecule has 1 aromatic heterocycles. The molecule has 1 aromatic rings. The highest BCUT2D eigenvalue weighted by molar-refractivity contribution is 7.98. The molecular weight excluding hydrogens is 322 g/mol. The van der Waals surface area contributed by atoms with Gasteiger partial charge in [-0.2, -0.15) is 0 Å². The maximum Gasteiger partial charge on any atom is 0.325 e. The largest absolute Gasteiger partial charge is 0.468 e. The van der Waals surface area contributed by atoms with E-state index < -0.39 is 5.97 Å². The number of hydrogen-bond acceptors (Lipinski definition) is 9. The van der Waals surface area contributed by atoms with Gasteiger partial charge in [0.15, 0.2) is 11.4 Å². The van der Waals surface area contributed by atoms with Gasteiger partial charge in [0.1, 0.15) is 18.5 Å². The highest BCUT2D eigenvalue weighted by Gasteiger charge is 2.36. The summed E-state index contributed by atoms with van der Waals surface area (Å²) in [7, 11) is 2.89. The van der Waals surface area contributed by atoms with Crippen LogP contribution in [0.1, 0.15) is 10.4 Å². The Hall–Kier alpha value is -1.71. The lowest BCUT2D eigenvalue weighted by molar-refractivity contribution is -0.139.